The predicted molar refractivity (Wildman–Crippen MR) is 109 cm³/mol. The highest BCUT2D eigenvalue weighted by Crippen LogP contribution is 2.28. The highest BCUT2D eigenvalue weighted by atomic mass is 32.1. The van der Waals surface area contributed by atoms with E-state index in [0.717, 1.165) is 0 Å². The summed E-state index contributed by atoms with van der Waals surface area (Å²) in [5, 5.41) is 10.7. The molecule has 170 valence electrons. The van der Waals surface area contributed by atoms with E-state index in [0.29, 0.717) is 30.0 Å². The number of carbonyl (C=O) groups excluding carboxylic acids is 1. The fraction of sp³-hybridized carbons (Fsp3) is 0.400. The van der Waals surface area contributed by atoms with E-state index in [1.165, 1.54) is 34.5 Å². The number of likely N-dealkylation sites (tertiary alicyclic amines) is 1. The molecule has 0 unspecified atom stereocenters. The number of thiophene rings is 1. The van der Waals surface area contributed by atoms with Crippen molar-refractivity contribution in [1.82, 2.24) is 24.9 Å². The average molecular weight is 467 g/mol. The molecule has 0 N–H and O–H groups in total. The smallest absolute Gasteiger partial charge is 0.422 e. The topological polar surface area (TPSA) is 82.4 Å². The molecule has 12 heteroatoms. The van der Waals surface area contributed by atoms with E-state index in [2.05, 4.69) is 15.2 Å². The molecule has 1 fully saturated rings. The second kappa shape index (κ2) is 9.15. The van der Waals surface area contributed by atoms with Crippen LogP contribution in [0, 0.1) is 0 Å². The van der Waals surface area contributed by atoms with Gasteiger partial charge in [-0.25, -0.2) is 4.98 Å². The van der Waals surface area contributed by atoms with E-state index in [4.69, 9.17) is 9.47 Å². The molecule has 4 heterocycles. The van der Waals surface area contributed by atoms with Crippen LogP contribution < -0.4 is 9.47 Å². The number of aromatic nitrogens is 4. The molecular weight excluding hydrogens is 447 g/mol. The number of carbonyl (C=O) groups is 1. The minimum absolute atomic E-state index is 0.00454. The molecule has 1 aliphatic heterocycles. The molecule has 3 aromatic rings. The maximum absolute atomic E-state index is 13.3. The Morgan fingerprint density at radius 3 is 2.75 bits per heavy atom. The van der Waals surface area contributed by atoms with E-state index in [-0.39, 0.29) is 29.7 Å². The largest absolute Gasteiger partial charge is 0.484 e. The number of ether oxygens (including phenoxy) is 2. The number of rotatable bonds is 6. The van der Waals surface area contributed by atoms with Crippen LogP contribution in [0.5, 0.6) is 11.6 Å². The zero-order valence-electron chi connectivity index (χ0n) is 17.0. The molecule has 0 spiro atoms. The zero-order chi connectivity index (χ0) is 22.7. The van der Waals surface area contributed by atoms with Gasteiger partial charge in [0, 0.05) is 18.3 Å². The van der Waals surface area contributed by atoms with Gasteiger partial charge in [0.1, 0.15) is 11.9 Å². The van der Waals surface area contributed by atoms with Crippen molar-refractivity contribution in [2.45, 2.75) is 38.1 Å². The molecule has 2 atom stereocenters. The van der Waals surface area contributed by atoms with Crippen molar-refractivity contribution >= 4 is 17.2 Å². The molecule has 0 radical (unpaired) electrons. The standard InChI is InChI=1S/C20H20F3N5O3S/c1-13-2-3-15(31-17-10-14(4-6-24-17)30-12-20(21,22)23)11-27(13)18(29)16-5-9-32-19(16)28-25-7-8-26-28/h4-10,13,15H,2-3,11-12H2,1H3/t13-,15-/m1/s1. The number of hydrogen-bond acceptors (Lipinski definition) is 7. The van der Waals surface area contributed by atoms with Crippen molar-refractivity contribution in [3.63, 3.8) is 0 Å². The van der Waals surface area contributed by atoms with Crippen LogP contribution in [0.3, 0.4) is 0 Å². The van der Waals surface area contributed by atoms with Gasteiger partial charge in [-0.1, -0.05) is 0 Å². The first-order valence-corrected chi connectivity index (χ1v) is 10.8. The van der Waals surface area contributed by atoms with Crippen molar-refractivity contribution in [1.29, 1.82) is 0 Å². The summed E-state index contributed by atoms with van der Waals surface area (Å²) in [5.41, 5.74) is 0.499. The molecule has 1 amide bonds. The Morgan fingerprint density at radius 2 is 2.00 bits per heavy atom. The Bertz CT molecular complexity index is 1060. The van der Waals surface area contributed by atoms with Gasteiger partial charge in [-0.05, 0) is 37.3 Å². The summed E-state index contributed by atoms with van der Waals surface area (Å²) >= 11 is 1.37. The number of alkyl halides is 3. The van der Waals surface area contributed by atoms with Crippen molar-refractivity contribution in [2.24, 2.45) is 0 Å². The summed E-state index contributed by atoms with van der Waals surface area (Å²) in [5.74, 6) is 0.00207. The lowest BCUT2D eigenvalue weighted by Gasteiger charge is -2.37. The van der Waals surface area contributed by atoms with Crippen LogP contribution in [0.25, 0.3) is 5.00 Å². The molecule has 0 aliphatic carbocycles. The van der Waals surface area contributed by atoms with Crippen molar-refractivity contribution in [3.05, 3.63) is 47.7 Å². The van der Waals surface area contributed by atoms with E-state index in [1.807, 2.05) is 12.3 Å². The van der Waals surface area contributed by atoms with E-state index in [1.54, 1.807) is 23.4 Å². The predicted octanol–water partition coefficient (Wildman–Crippen LogP) is 3.74. The van der Waals surface area contributed by atoms with Crippen molar-refractivity contribution in [2.75, 3.05) is 13.2 Å². The minimum atomic E-state index is -4.43. The van der Waals surface area contributed by atoms with Crippen LogP contribution in [0.15, 0.2) is 42.2 Å². The van der Waals surface area contributed by atoms with Crippen LogP contribution in [-0.4, -0.2) is 62.3 Å². The summed E-state index contributed by atoms with van der Waals surface area (Å²) in [6.45, 7) is 0.890. The van der Waals surface area contributed by atoms with Gasteiger partial charge in [0.2, 0.25) is 5.88 Å². The second-order valence-electron chi connectivity index (χ2n) is 7.32. The second-order valence-corrected chi connectivity index (χ2v) is 8.21. The Kier molecular flexibility index (Phi) is 6.31. The number of hydrogen-bond donors (Lipinski definition) is 0. The third-order valence-electron chi connectivity index (χ3n) is 4.97. The zero-order valence-corrected chi connectivity index (χ0v) is 17.8. The summed E-state index contributed by atoms with van der Waals surface area (Å²) in [6, 6.07) is 4.39. The maximum Gasteiger partial charge on any atom is 0.422 e. The van der Waals surface area contributed by atoms with Gasteiger partial charge >= 0.3 is 6.18 Å². The Morgan fingerprint density at radius 1 is 1.22 bits per heavy atom. The van der Waals surface area contributed by atoms with Crippen LogP contribution in [0.4, 0.5) is 13.2 Å². The fourth-order valence-electron chi connectivity index (χ4n) is 3.43. The lowest BCUT2D eigenvalue weighted by atomic mass is 10.0. The minimum Gasteiger partial charge on any atom is -0.484 e. The normalized spacial score (nSPS) is 19.1. The number of halogens is 3. The number of nitrogens with zero attached hydrogens (tertiary/aromatic N) is 5. The van der Waals surface area contributed by atoms with Crippen molar-refractivity contribution in [3.8, 4) is 16.6 Å². The first-order chi connectivity index (χ1) is 15.3. The Hall–Kier alpha value is -3.15. The van der Waals surface area contributed by atoms with Crippen LogP contribution in [0.2, 0.25) is 0 Å². The number of piperidine rings is 1. The maximum atomic E-state index is 13.3. The Balaban J connectivity index is 1.44. The number of pyridine rings is 1. The molecule has 3 aromatic heterocycles. The molecular formula is C20H20F3N5O3S. The first kappa shape index (κ1) is 22.1. The molecule has 0 aromatic carbocycles. The van der Waals surface area contributed by atoms with E-state index >= 15 is 0 Å². The quantitative estimate of drug-likeness (QED) is 0.549. The number of amides is 1. The monoisotopic (exact) mass is 467 g/mol. The van der Waals surface area contributed by atoms with Crippen LogP contribution in [0.1, 0.15) is 30.1 Å². The molecule has 0 saturated carbocycles. The van der Waals surface area contributed by atoms with Gasteiger partial charge in [-0.3, -0.25) is 4.79 Å². The third kappa shape index (κ3) is 5.18. The van der Waals surface area contributed by atoms with Gasteiger partial charge in [0.25, 0.3) is 5.91 Å². The third-order valence-corrected chi connectivity index (χ3v) is 5.85. The molecule has 4 rings (SSSR count). The van der Waals surface area contributed by atoms with Crippen LogP contribution in [-0.2, 0) is 0 Å². The van der Waals surface area contributed by atoms with Crippen LogP contribution >= 0.6 is 11.3 Å². The lowest BCUT2D eigenvalue weighted by molar-refractivity contribution is -0.153. The molecule has 8 nitrogen and oxygen atoms in total. The summed E-state index contributed by atoms with van der Waals surface area (Å²) in [7, 11) is 0. The summed E-state index contributed by atoms with van der Waals surface area (Å²) in [4.78, 5) is 20.5. The average Bonchev–Trinajstić information content (AvgIpc) is 3.44. The Labute approximate surface area is 185 Å². The molecule has 32 heavy (non-hydrogen) atoms. The lowest BCUT2D eigenvalue weighted by Crippen LogP contribution is -2.49. The van der Waals surface area contributed by atoms with Gasteiger partial charge < -0.3 is 14.4 Å². The highest BCUT2D eigenvalue weighted by Gasteiger charge is 2.33. The van der Waals surface area contributed by atoms with Gasteiger partial charge in [-0.15, -0.1) is 16.1 Å². The summed E-state index contributed by atoms with van der Waals surface area (Å²) < 4.78 is 47.8. The van der Waals surface area contributed by atoms with Gasteiger partial charge in [-0.2, -0.15) is 23.4 Å². The van der Waals surface area contributed by atoms with E-state index in [9.17, 15) is 18.0 Å². The van der Waals surface area contributed by atoms with E-state index < -0.39 is 12.8 Å². The SMILES string of the molecule is C[C@@H]1CC[C@@H](Oc2cc(OCC(F)(F)F)ccn2)CN1C(=O)c1ccsc1-n1nccn1. The van der Waals surface area contributed by atoms with Crippen molar-refractivity contribution < 1.29 is 27.4 Å². The fourth-order valence-corrected chi connectivity index (χ4v) is 4.23. The molecule has 1 aliphatic rings. The highest BCUT2D eigenvalue weighted by molar-refractivity contribution is 7.12. The molecule has 1 saturated heterocycles. The molecule has 0 bridgehead atoms. The van der Waals surface area contributed by atoms with Gasteiger partial charge in [0.05, 0.1) is 24.5 Å². The first-order valence-electron chi connectivity index (χ1n) is 9.87. The van der Waals surface area contributed by atoms with Gasteiger partial charge in [0.15, 0.2) is 11.6 Å². The summed E-state index contributed by atoms with van der Waals surface area (Å²) in [6.07, 6.45) is 1.01.